The van der Waals surface area contributed by atoms with Gasteiger partial charge < -0.3 is 9.64 Å². The number of nitrogens with zero attached hydrogens (tertiary/aromatic N) is 1. The lowest BCUT2D eigenvalue weighted by Crippen LogP contribution is -2.35. The van der Waals surface area contributed by atoms with Crippen molar-refractivity contribution < 1.29 is 17.9 Å². The lowest BCUT2D eigenvalue weighted by Gasteiger charge is -2.27. The first-order valence-electron chi connectivity index (χ1n) is 9.09. The van der Waals surface area contributed by atoms with Gasteiger partial charge in [-0.15, -0.1) is 11.3 Å². The van der Waals surface area contributed by atoms with Crippen LogP contribution in [0.1, 0.15) is 33.6 Å². The van der Waals surface area contributed by atoms with Crippen LogP contribution in [-0.4, -0.2) is 45.0 Å². The summed E-state index contributed by atoms with van der Waals surface area (Å²) in [6, 6.07) is 8.32. The van der Waals surface area contributed by atoms with Gasteiger partial charge >= 0.3 is 0 Å². The Kier molecular flexibility index (Phi) is 5.32. The molecule has 1 atom stereocenters. The van der Waals surface area contributed by atoms with Crippen LogP contribution in [0.2, 0.25) is 0 Å². The van der Waals surface area contributed by atoms with Crippen molar-refractivity contribution >= 4 is 27.3 Å². The van der Waals surface area contributed by atoms with Crippen LogP contribution >= 0.6 is 11.3 Å². The van der Waals surface area contributed by atoms with Crippen LogP contribution in [0.15, 0.2) is 40.6 Å². The normalized spacial score (nSPS) is 19.9. The van der Waals surface area contributed by atoms with E-state index in [2.05, 4.69) is 10.8 Å². The van der Waals surface area contributed by atoms with Crippen LogP contribution in [-0.2, 0) is 27.7 Å². The van der Waals surface area contributed by atoms with Gasteiger partial charge in [0.15, 0.2) is 0 Å². The smallest absolute Gasteiger partial charge is 0.254 e. The van der Waals surface area contributed by atoms with E-state index >= 15 is 0 Å². The lowest BCUT2D eigenvalue weighted by atomic mass is 10.1. The van der Waals surface area contributed by atoms with E-state index in [1.54, 1.807) is 28.4 Å². The highest BCUT2D eigenvalue weighted by molar-refractivity contribution is 7.89. The van der Waals surface area contributed by atoms with Crippen molar-refractivity contribution in [1.82, 2.24) is 9.62 Å². The first kappa shape index (κ1) is 18.6. The van der Waals surface area contributed by atoms with Gasteiger partial charge in [-0.05, 0) is 54.5 Å². The number of amides is 1. The molecule has 4 rings (SSSR count). The van der Waals surface area contributed by atoms with Gasteiger partial charge in [-0.3, -0.25) is 4.79 Å². The predicted molar refractivity (Wildman–Crippen MR) is 103 cm³/mol. The van der Waals surface area contributed by atoms with E-state index in [9.17, 15) is 13.2 Å². The molecular formula is C19H22N2O4S2. The van der Waals surface area contributed by atoms with Crippen LogP contribution in [0.5, 0.6) is 0 Å². The maximum absolute atomic E-state index is 12.9. The van der Waals surface area contributed by atoms with E-state index in [-0.39, 0.29) is 23.5 Å². The molecule has 3 heterocycles. The van der Waals surface area contributed by atoms with Crippen molar-refractivity contribution in [3.8, 4) is 0 Å². The van der Waals surface area contributed by atoms with Gasteiger partial charge in [0.1, 0.15) is 0 Å². The van der Waals surface area contributed by atoms with E-state index in [4.69, 9.17) is 4.74 Å². The van der Waals surface area contributed by atoms with Gasteiger partial charge in [0.25, 0.3) is 5.91 Å². The molecule has 1 amide bonds. The summed E-state index contributed by atoms with van der Waals surface area (Å²) >= 11 is 1.72. The molecule has 2 aliphatic rings. The number of thiophene rings is 1. The minimum atomic E-state index is -3.67. The Labute approximate surface area is 163 Å². The minimum absolute atomic E-state index is 0.0715. The van der Waals surface area contributed by atoms with E-state index < -0.39 is 10.0 Å². The number of sulfonamides is 1. The molecule has 144 valence electrons. The first-order chi connectivity index (χ1) is 13.0. The third-order valence-corrected chi connectivity index (χ3v) is 7.46. The average molecular weight is 407 g/mol. The number of carbonyl (C=O) groups is 1. The Morgan fingerprint density at radius 2 is 2.22 bits per heavy atom. The second-order valence-corrected chi connectivity index (χ2v) is 9.63. The molecule has 8 heteroatoms. The monoisotopic (exact) mass is 406 g/mol. The number of hydrogen-bond donors (Lipinski definition) is 1. The molecule has 27 heavy (non-hydrogen) atoms. The van der Waals surface area contributed by atoms with Gasteiger partial charge in [0.2, 0.25) is 10.0 Å². The zero-order valence-electron chi connectivity index (χ0n) is 14.9. The third-order valence-electron chi connectivity index (χ3n) is 5.01. The fourth-order valence-electron chi connectivity index (χ4n) is 3.49. The molecule has 1 N–H and O–H groups in total. The second kappa shape index (κ2) is 7.71. The summed E-state index contributed by atoms with van der Waals surface area (Å²) in [6.07, 6.45) is 2.59. The molecule has 1 saturated heterocycles. The lowest BCUT2D eigenvalue weighted by molar-refractivity contribution is 0.0735. The highest BCUT2D eigenvalue weighted by atomic mass is 32.2. The van der Waals surface area contributed by atoms with Crippen molar-refractivity contribution in [3.63, 3.8) is 0 Å². The summed E-state index contributed by atoms with van der Waals surface area (Å²) in [5, 5.41) is 2.05. The molecule has 0 aliphatic carbocycles. The van der Waals surface area contributed by atoms with E-state index in [1.807, 2.05) is 5.38 Å². The average Bonchev–Trinajstić information content (AvgIpc) is 3.37. The first-order valence-corrected chi connectivity index (χ1v) is 11.4. The van der Waals surface area contributed by atoms with Crippen LogP contribution in [0, 0.1) is 0 Å². The number of carbonyl (C=O) groups excluding carboxylic acids is 1. The Hall–Kier alpha value is -1.74. The van der Waals surface area contributed by atoms with Crippen molar-refractivity contribution in [3.05, 3.63) is 51.7 Å². The van der Waals surface area contributed by atoms with Crippen molar-refractivity contribution in [2.45, 2.75) is 36.8 Å². The van der Waals surface area contributed by atoms with Gasteiger partial charge in [-0.25, -0.2) is 13.1 Å². The van der Waals surface area contributed by atoms with Crippen molar-refractivity contribution in [2.75, 3.05) is 19.7 Å². The maximum Gasteiger partial charge on any atom is 0.254 e. The summed E-state index contributed by atoms with van der Waals surface area (Å²) in [5.74, 6) is -0.136. The Morgan fingerprint density at radius 3 is 3.04 bits per heavy atom. The SMILES string of the molecule is O=C(c1cccc(S(=O)(=O)NCC2CCCO2)c1)N1CCc2sccc2C1. The minimum Gasteiger partial charge on any atom is -0.377 e. The quantitative estimate of drug-likeness (QED) is 0.827. The van der Waals surface area contributed by atoms with Gasteiger partial charge in [-0.1, -0.05) is 6.07 Å². The van der Waals surface area contributed by atoms with Crippen molar-refractivity contribution in [1.29, 1.82) is 0 Å². The molecule has 2 aromatic rings. The fourth-order valence-corrected chi connectivity index (χ4v) is 5.49. The fraction of sp³-hybridized carbons (Fsp3) is 0.421. The van der Waals surface area contributed by atoms with Crippen LogP contribution in [0.4, 0.5) is 0 Å². The third kappa shape index (κ3) is 4.08. The number of fused-ring (bicyclic) bond motifs is 1. The largest absolute Gasteiger partial charge is 0.377 e. The molecule has 1 aromatic carbocycles. The molecule has 0 bridgehead atoms. The highest BCUT2D eigenvalue weighted by Gasteiger charge is 2.25. The summed E-state index contributed by atoms with van der Waals surface area (Å²) in [7, 11) is -3.67. The highest BCUT2D eigenvalue weighted by Crippen LogP contribution is 2.25. The molecule has 6 nitrogen and oxygen atoms in total. The molecule has 1 fully saturated rings. The summed E-state index contributed by atoms with van der Waals surface area (Å²) < 4.78 is 33.2. The number of benzene rings is 1. The molecule has 0 radical (unpaired) electrons. The summed E-state index contributed by atoms with van der Waals surface area (Å²) in [5.41, 5.74) is 1.58. The second-order valence-electron chi connectivity index (χ2n) is 6.86. The molecule has 1 aromatic heterocycles. The number of rotatable bonds is 5. The molecule has 1 unspecified atom stereocenters. The van der Waals surface area contributed by atoms with Gasteiger partial charge in [-0.2, -0.15) is 0 Å². The number of ether oxygens (including phenoxy) is 1. The Bertz CT molecular complexity index is 933. The number of nitrogens with one attached hydrogen (secondary N) is 1. The zero-order valence-corrected chi connectivity index (χ0v) is 16.5. The standard InChI is InChI=1S/C19H22N2O4S2/c22-19(21-8-6-18-15(13-21)7-10-26-18)14-3-1-5-17(11-14)27(23,24)20-12-16-4-2-9-25-16/h1,3,5,7,10-11,16,20H,2,4,6,8-9,12-13H2. The topological polar surface area (TPSA) is 75.7 Å². The maximum atomic E-state index is 12.9. The van der Waals surface area contributed by atoms with Crippen LogP contribution in [0.25, 0.3) is 0 Å². The Balaban J connectivity index is 1.47. The predicted octanol–water partition coefficient (Wildman–Crippen LogP) is 2.40. The van der Waals surface area contributed by atoms with E-state index in [0.717, 1.165) is 19.3 Å². The van der Waals surface area contributed by atoms with Gasteiger partial charge in [0.05, 0.1) is 11.0 Å². The van der Waals surface area contributed by atoms with Crippen LogP contribution < -0.4 is 4.72 Å². The molecule has 0 spiro atoms. The molecule has 0 saturated carbocycles. The summed E-state index contributed by atoms with van der Waals surface area (Å²) in [6.45, 7) is 2.16. The molecule has 2 aliphatic heterocycles. The zero-order chi connectivity index (χ0) is 18.9. The molecular weight excluding hydrogens is 384 g/mol. The van der Waals surface area contributed by atoms with Crippen molar-refractivity contribution in [2.24, 2.45) is 0 Å². The van der Waals surface area contributed by atoms with Crippen LogP contribution in [0.3, 0.4) is 0 Å². The Morgan fingerprint density at radius 1 is 1.33 bits per heavy atom. The van der Waals surface area contributed by atoms with E-state index in [0.29, 0.717) is 25.3 Å². The summed E-state index contributed by atoms with van der Waals surface area (Å²) in [4.78, 5) is 16.1. The van der Waals surface area contributed by atoms with Gasteiger partial charge in [0, 0.05) is 36.7 Å². The number of hydrogen-bond acceptors (Lipinski definition) is 5. The van der Waals surface area contributed by atoms with E-state index in [1.165, 1.54) is 22.6 Å².